The molecule has 0 aliphatic rings. The van der Waals surface area contributed by atoms with Gasteiger partial charge in [-0.15, -0.1) is 0 Å². The van der Waals surface area contributed by atoms with Gasteiger partial charge in [-0.3, -0.25) is 8.37 Å². The molecule has 0 atom stereocenters. The molecule has 0 saturated heterocycles. The lowest BCUT2D eigenvalue weighted by Gasteiger charge is -2.07. The Bertz CT molecular complexity index is 743. The van der Waals surface area contributed by atoms with Crippen LogP contribution in [0.3, 0.4) is 0 Å². The molecule has 0 unspecified atom stereocenters. The van der Waals surface area contributed by atoms with Crippen molar-refractivity contribution in [2.75, 3.05) is 5.08 Å². The Morgan fingerprint density at radius 3 is 1.30 bits per heavy atom. The first-order valence-electron chi connectivity index (χ1n) is 6.68. The summed E-state index contributed by atoms with van der Waals surface area (Å²) in [4.78, 5) is 0. The molecule has 0 saturated carbocycles. The molecule has 0 heterocycles. The predicted octanol–water partition coefficient (Wildman–Crippen LogP) is 2.04. The molecule has 2 aromatic carbocycles. The maximum Gasteiger partial charge on any atom is 0.284 e. The van der Waals surface area contributed by atoms with E-state index in [1.807, 2.05) is 0 Å². The minimum Gasteiger partial charge on any atom is -0.264 e. The monoisotopic (exact) mass is 356 g/mol. The first-order chi connectivity index (χ1) is 10.9. The Labute approximate surface area is 135 Å². The first-order valence-corrected chi connectivity index (χ1v) is 9.84. The van der Waals surface area contributed by atoms with Gasteiger partial charge in [0.25, 0.3) is 20.2 Å². The van der Waals surface area contributed by atoms with E-state index in [1.54, 1.807) is 60.7 Å². The Morgan fingerprint density at radius 1 is 0.609 bits per heavy atom. The van der Waals surface area contributed by atoms with Crippen LogP contribution in [0, 0.1) is 0 Å². The van der Waals surface area contributed by atoms with E-state index < -0.39 is 25.3 Å². The molecule has 0 aromatic heterocycles. The van der Waals surface area contributed by atoms with E-state index in [-0.39, 0.29) is 13.2 Å². The topological polar surface area (TPSA) is 86.7 Å². The molecule has 0 amide bonds. The second-order valence-electron chi connectivity index (χ2n) is 4.73. The van der Waals surface area contributed by atoms with Gasteiger partial charge in [0.15, 0.2) is 0 Å². The predicted molar refractivity (Wildman–Crippen MR) is 85.2 cm³/mol. The zero-order chi connectivity index (χ0) is 16.8. The van der Waals surface area contributed by atoms with Crippen molar-refractivity contribution in [1.29, 1.82) is 0 Å². The highest BCUT2D eigenvalue weighted by Gasteiger charge is 2.24. The molecule has 0 bridgehead atoms. The minimum atomic E-state index is -4.25. The third-order valence-corrected chi connectivity index (χ3v) is 6.05. The largest absolute Gasteiger partial charge is 0.284 e. The van der Waals surface area contributed by atoms with Crippen LogP contribution in [-0.4, -0.2) is 21.9 Å². The van der Waals surface area contributed by atoms with E-state index in [1.165, 1.54) is 0 Å². The number of benzene rings is 2. The summed E-state index contributed by atoms with van der Waals surface area (Å²) in [6.45, 7) is -0.450. The maximum absolute atomic E-state index is 11.7. The van der Waals surface area contributed by atoms with Gasteiger partial charge < -0.3 is 0 Å². The molecule has 0 aliphatic carbocycles. The second-order valence-corrected chi connectivity index (χ2v) is 8.37. The Hall–Kier alpha value is -1.74. The summed E-state index contributed by atoms with van der Waals surface area (Å²) in [5, 5.41) is -1.22. The molecule has 124 valence electrons. The summed E-state index contributed by atoms with van der Waals surface area (Å²) >= 11 is 0. The van der Waals surface area contributed by atoms with Crippen LogP contribution in [0.2, 0.25) is 0 Å². The van der Waals surface area contributed by atoms with E-state index in [0.29, 0.717) is 11.1 Å². The van der Waals surface area contributed by atoms with Crippen LogP contribution in [-0.2, 0) is 41.8 Å². The van der Waals surface area contributed by atoms with Gasteiger partial charge in [0.2, 0.25) is 5.08 Å². The fourth-order valence-electron chi connectivity index (χ4n) is 1.71. The highest BCUT2D eigenvalue weighted by atomic mass is 32.3. The lowest BCUT2D eigenvalue weighted by molar-refractivity contribution is 0.299. The minimum absolute atomic E-state index is 0.225. The zero-order valence-corrected chi connectivity index (χ0v) is 13.8. The van der Waals surface area contributed by atoms with Gasteiger partial charge in [0.05, 0.1) is 13.2 Å². The Balaban J connectivity index is 1.90. The van der Waals surface area contributed by atoms with E-state index in [4.69, 9.17) is 8.37 Å². The average Bonchev–Trinajstić information content (AvgIpc) is 2.52. The third kappa shape index (κ3) is 6.49. The van der Waals surface area contributed by atoms with Gasteiger partial charge in [-0.25, -0.2) is 0 Å². The molecular formula is C15H16O6S2. The molecule has 0 N–H and O–H groups in total. The highest BCUT2D eigenvalue weighted by molar-refractivity contribution is 8.03. The average molecular weight is 356 g/mol. The van der Waals surface area contributed by atoms with Crippen LogP contribution in [0.5, 0.6) is 0 Å². The number of hydrogen-bond acceptors (Lipinski definition) is 6. The van der Waals surface area contributed by atoms with Gasteiger partial charge >= 0.3 is 0 Å². The van der Waals surface area contributed by atoms with Crippen molar-refractivity contribution in [2.24, 2.45) is 0 Å². The van der Waals surface area contributed by atoms with Gasteiger partial charge in [0, 0.05) is 0 Å². The van der Waals surface area contributed by atoms with Crippen LogP contribution in [0.25, 0.3) is 0 Å². The smallest absolute Gasteiger partial charge is 0.264 e. The standard InChI is InChI=1S/C15H16O6S2/c16-22(17,20-11-14-7-3-1-4-8-14)13-23(18,19)21-12-15-9-5-2-6-10-15/h1-10H,11-13H2. The fourth-order valence-corrected chi connectivity index (χ4v) is 4.30. The van der Waals surface area contributed by atoms with E-state index in [9.17, 15) is 16.8 Å². The molecule has 0 radical (unpaired) electrons. The molecule has 2 aromatic rings. The van der Waals surface area contributed by atoms with Crippen LogP contribution in [0.15, 0.2) is 60.7 Å². The van der Waals surface area contributed by atoms with E-state index in [0.717, 1.165) is 0 Å². The summed E-state index contributed by atoms with van der Waals surface area (Å²) in [7, 11) is -8.51. The van der Waals surface area contributed by atoms with Crippen molar-refractivity contribution >= 4 is 20.2 Å². The van der Waals surface area contributed by atoms with Gasteiger partial charge in [-0.1, -0.05) is 60.7 Å². The van der Waals surface area contributed by atoms with Crippen LogP contribution >= 0.6 is 0 Å². The lowest BCUT2D eigenvalue weighted by Crippen LogP contribution is -2.20. The number of rotatable bonds is 8. The van der Waals surface area contributed by atoms with Crippen molar-refractivity contribution in [3.05, 3.63) is 71.8 Å². The van der Waals surface area contributed by atoms with Crippen LogP contribution in [0.1, 0.15) is 11.1 Å². The fraction of sp³-hybridized carbons (Fsp3) is 0.200. The Morgan fingerprint density at radius 2 is 0.957 bits per heavy atom. The molecule has 23 heavy (non-hydrogen) atoms. The third-order valence-electron chi connectivity index (χ3n) is 2.78. The van der Waals surface area contributed by atoms with Crippen molar-refractivity contribution in [3.8, 4) is 0 Å². The van der Waals surface area contributed by atoms with E-state index in [2.05, 4.69) is 0 Å². The van der Waals surface area contributed by atoms with Crippen molar-refractivity contribution in [2.45, 2.75) is 13.2 Å². The van der Waals surface area contributed by atoms with Crippen molar-refractivity contribution in [3.63, 3.8) is 0 Å². The van der Waals surface area contributed by atoms with E-state index >= 15 is 0 Å². The van der Waals surface area contributed by atoms with Crippen LogP contribution in [0.4, 0.5) is 0 Å². The molecule has 0 aliphatic heterocycles. The van der Waals surface area contributed by atoms with Crippen molar-refractivity contribution in [1.82, 2.24) is 0 Å². The maximum atomic E-state index is 11.7. The van der Waals surface area contributed by atoms with Crippen molar-refractivity contribution < 1.29 is 25.2 Å². The highest BCUT2D eigenvalue weighted by Crippen LogP contribution is 2.10. The number of hydrogen-bond donors (Lipinski definition) is 0. The molecule has 2 rings (SSSR count). The summed E-state index contributed by atoms with van der Waals surface area (Å²) in [5.74, 6) is 0. The first kappa shape index (κ1) is 17.6. The van der Waals surface area contributed by atoms with Crippen LogP contribution < -0.4 is 0 Å². The summed E-state index contributed by atoms with van der Waals surface area (Å²) in [6.07, 6.45) is 0. The molecule has 0 spiro atoms. The molecule has 8 heteroatoms. The van der Waals surface area contributed by atoms with Gasteiger partial charge in [-0.05, 0) is 11.1 Å². The SMILES string of the molecule is O=S(=O)(CS(=O)(=O)OCc1ccccc1)OCc1ccccc1. The lowest BCUT2D eigenvalue weighted by atomic mass is 10.2. The quantitative estimate of drug-likeness (QED) is 0.673. The molecule has 0 fully saturated rings. The molecular weight excluding hydrogens is 340 g/mol. The summed E-state index contributed by atoms with van der Waals surface area (Å²) in [5.41, 5.74) is 1.25. The molecule has 6 nitrogen and oxygen atoms in total. The summed E-state index contributed by atoms with van der Waals surface area (Å²) in [6, 6.07) is 17.2. The zero-order valence-electron chi connectivity index (χ0n) is 12.2. The normalized spacial score (nSPS) is 12.2. The van der Waals surface area contributed by atoms with Gasteiger partial charge in [-0.2, -0.15) is 16.8 Å². The van der Waals surface area contributed by atoms with Gasteiger partial charge in [0.1, 0.15) is 0 Å². The Kier molecular flexibility index (Phi) is 5.89. The second kappa shape index (κ2) is 7.69. The summed E-state index contributed by atoms with van der Waals surface area (Å²) < 4.78 is 56.4.